The molecule has 30 heavy (non-hydrogen) atoms. The van der Waals surface area contributed by atoms with E-state index in [1.165, 1.54) is 6.08 Å². The Morgan fingerprint density at radius 2 is 1.43 bits per heavy atom. The predicted molar refractivity (Wildman–Crippen MR) is 116 cm³/mol. The molecule has 0 heterocycles. The van der Waals surface area contributed by atoms with Crippen LogP contribution in [-0.2, 0) is 4.79 Å². The molecular weight excluding hydrogens is 380 g/mol. The fraction of sp³-hybridized carbons (Fsp3) is 0.0833. The molecule has 0 aliphatic rings. The van der Waals surface area contributed by atoms with Crippen LogP contribution >= 0.6 is 0 Å². The van der Waals surface area contributed by atoms with Gasteiger partial charge in [-0.05, 0) is 47.0 Å². The van der Waals surface area contributed by atoms with E-state index in [0.717, 1.165) is 16.7 Å². The fourth-order valence-electron chi connectivity index (χ4n) is 2.81. The van der Waals surface area contributed by atoms with E-state index in [1.807, 2.05) is 42.5 Å². The second-order valence-corrected chi connectivity index (χ2v) is 6.33. The second-order valence-electron chi connectivity index (χ2n) is 6.33. The summed E-state index contributed by atoms with van der Waals surface area (Å²) in [7, 11) is 3.10. The Morgan fingerprint density at radius 1 is 0.767 bits per heavy atom. The van der Waals surface area contributed by atoms with Gasteiger partial charge in [0.2, 0.25) is 0 Å². The highest BCUT2D eigenvalue weighted by Gasteiger charge is 2.07. The number of amides is 2. The minimum Gasteiger partial charge on any atom is -0.493 e. The Hall–Kier alpha value is -4.06. The molecule has 0 spiro atoms. The van der Waals surface area contributed by atoms with Gasteiger partial charge in [0, 0.05) is 11.6 Å². The third-order valence-corrected chi connectivity index (χ3v) is 4.39. The summed E-state index contributed by atoms with van der Waals surface area (Å²) in [6, 6.07) is 22.3. The molecule has 3 aromatic carbocycles. The molecule has 0 radical (unpaired) electrons. The van der Waals surface area contributed by atoms with Crippen LogP contribution in [0.4, 0.5) is 0 Å². The normalized spacial score (nSPS) is 10.5. The minimum atomic E-state index is -0.459. The molecule has 2 amide bonds. The van der Waals surface area contributed by atoms with E-state index < -0.39 is 11.8 Å². The molecule has 6 nitrogen and oxygen atoms in total. The zero-order valence-corrected chi connectivity index (χ0v) is 16.7. The van der Waals surface area contributed by atoms with Crippen LogP contribution in [0.1, 0.15) is 15.9 Å². The molecule has 0 bridgehead atoms. The highest BCUT2D eigenvalue weighted by atomic mass is 16.5. The number of methoxy groups -OCH3 is 2. The number of carbonyl (C=O) groups is 2. The second kappa shape index (κ2) is 9.93. The van der Waals surface area contributed by atoms with E-state index in [0.29, 0.717) is 17.1 Å². The van der Waals surface area contributed by atoms with Crippen molar-refractivity contribution >= 4 is 17.9 Å². The molecule has 6 heteroatoms. The molecule has 3 aromatic rings. The Kier molecular flexibility index (Phi) is 6.84. The zero-order chi connectivity index (χ0) is 21.3. The fourth-order valence-corrected chi connectivity index (χ4v) is 2.81. The first kappa shape index (κ1) is 20.7. The van der Waals surface area contributed by atoms with E-state index in [1.54, 1.807) is 50.6 Å². The smallest absolute Gasteiger partial charge is 0.269 e. The van der Waals surface area contributed by atoms with Crippen LogP contribution in [-0.4, -0.2) is 26.0 Å². The molecule has 0 aliphatic heterocycles. The van der Waals surface area contributed by atoms with Crippen LogP contribution in [0.5, 0.6) is 11.5 Å². The summed E-state index contributed by atoms with van der Waals surface area (Å²) >= 11 is 0. The summed E-state index contributed by atoms with van der Waals surface area (Å²) < 4.78 is 10.4. The average molecular weight is 402 g/mol. The summed E-state index contributed by atoms with van der Waals surface area (Å²) in [5.41, 5.74) is 8.04. The van der Waals surface area contributed by atoms with Crippen LogP contribution in [0.25, 0.3) is 17.2 Å². The predicted octanol–water partition coefficient (Wildman–Crippen LogP) is 3.85. The van der Waals surface area contributed by atoms with Crippen molar-refractivity contribution in [1.82, 2.24) is 10.9 Å². The van der Waals surface area contributed by atoms with E-state index in [4.69, 9.17) is 9.47 Å². The molecule has 0 saturated carbocycles. The van der Waals surface area contributed by atoms with E-state index in [9.17, 15) is 9.59 Å². The lowest BCUT2D eigenvalue weighted by atomic mass is 10.0. The van der Waals surface area contributed by atoms with Gasteiger partial charge in [-0.2, -0.15) is 0 Å². The van der Waals surface area contributed by atoms with Gasteiger partial charge in [-0.1, -0.05) is 48.5 Å². The van der Waals surface area contributed by atoms with Crippen LogP contribution in [0.15, 0.2) is 78.9 Å². The molecule has 0 aromatic heterocycles. The molecular formula is C24H22N2O4. The highest BCUT2D eigenvalue weighted by Crippen LogP contribution is 2.27. The SMILES string of the molecule is COc1ccc(/C=C/C(=O)NNC(=O)c2ccc(-c3ccccc3)cc2)cc1OC. The van der Waals surface area contributed by atoms with Crippen molar-refractivity contribution in [3.05, 3.63) is 90.0 Å². The van der Waals surface area contributed by atoms with Crippen LogP contribution in [0.2, 0.25) is 0 Å². The largest absolute Gasteiger partial charge is 0.493 e. The van der Waals surface area contributed by atoms with Crippen LogP contribution in [0.3, 0.4) is 0 Å². The Balaban J connectivity index is 1.55. The maximum atomic E-state index is 12.2. The summed E-state index contributed by atoms with van der Waals surface area (Å²) in [5.74, 6) is 0.304. The number of carbonyl (C=O) groups excluding carboxylic acids is 2. The van der Waals surface area contributed by atoms with Gasteiger partial charge in [0.15, 0.2) is 11.5 Å². The first-order valence-electron chi connectivity index (χ1n) is 9.26. The topological polar surface area (TPSA) is 76.7 Å². The van der Waals surface area contributed by atoms with E-state index in [-0.39, 0.29) is 0 Å². The van der Waals surface area contributed by atoms with Gasteiger partial charge in [-0.25, -0.2) is 0 Å². The number of benzene rings is 3. The van der Waals surface area contributed by atoms with Crippen molar-refractivity contribution in [1.29, 1.82) is 0 Å². The van der Waals surface area contributed by atoms with Crippen molar-refractivity contribution in [3.8, 4) is 22.6 Å². The number of nitrogens with one attached hydrogen (secondary N) is 2. The summed E-state index contributed by atoms with van der Waals surface area (Å²) in [6.07, 6.45) is 2.93. The van der Waals surface area contributed by atoms with Crippen molar-refractivity contribution in [2.75, 3.05) is 14.2 Å². The quantitative estimate of drug-likeness (QED) is 0.485. The Morgan fingerprint density at radius 3 is 2.10 bits per heavy atom. The van der Waals surface area contributed by atoms with Crippen molar-refractivity contribution in [2.24, 2.45) is 0 Å². The zero-order valence-electron chi connectivity index (χ0n) is 16.7. The van der Waals surface area contributed by atoms with Gasteiger partial charge in [0.1, 0.15) is 0 Å². The van der Waals surface area contributed by atoms with Gasteiger partial charge in [0.05, 0.1) is 14.2 Å². The third-order valence-electron chi connectivity index (χ3n) is 4.39. The number of hydrogen-bond donors (Lipinski definition) is 2. The summed E-state index contributed by atoms with van der Waals surface area (Å²) in [5, 5.41) is 0. The lowest BCUT2D eigenvalue weighted by Crippen LogP contribution is -2.40. The van der Waals surface area contributed by atoms with Crippen molar-refractivity contribution in [3.63, 3.8) is 0 Å². The lowest BCUT2D eigenvalue weighted by Gasteiger charge is -2.08. The van der Waals surface area contributed by atoms with E-state index >= 15 is 0 Å². The molecule has 0 fully saturated rings. The summed E-state index contributed by atoms with van der Waals surface area (Å²) in [6.45, 7) is 0. The molecule has 0 atom stereocenters. The third kappa shape index (κ3) is 5.26. The van der Waals surface area contributed by atoms with Crippen molar-refractivity contribution in [2.45, 2.75) is 0 Å². The first-order chi connectivity index (χ1) is 14.6. The molecule has 2 N–H and O–H groups in total. The van der Waals surface area contributed by atoms with Crippen molar-refractivity contribution < 1.29 is 19.1 Å². The number of ether oxygens (including phenoxy) is 2. The molecule has 0 unspecified atom stereocenters. The number of rotatable bonds is 6. The van der Waals surface area contributed by atoms with E-state index in [2.05, 4.69) is 10.9 Å². The van der Waals surface area contributed by atoms with Gasteiger partial charge >= 0.3 is 0 Å². The highest BCUT2D eigenvalue weighted by molar-refractivity contribution is 5.98. The Bertz CT molecular complexity index is 1040. The van der Waals surface area contributed by atoms with Gasteiger partial charge in [-0.3, -0.25) is 20.4 Å². The monoisotopic (exact) mass is 402 g/mol. The molecule has 3 rings (SSSR count). The molecule has 0 aliphatic carbocycles. The average Bonchev–Trinajstić information content (AvgIpc) is 2.81. The lowest BCUT2D eigenvalue weighted by molar-refractivity contribution is -0.117. The molecule has 0 saturated heterocycles. The van der Waals surface area contributed by atoms with Gasteiger partial charge in [-0.15, -0.1) is 0 Å². The summed E-state index contributed by atoms with van der Waals surface area (Å²) in [4.78, 5) is 24.2. The number of hydrazine groups is 1. The maximum absolute atomic E-state index is 12.2. The van der Waals surface area contributed by atoms with Gasteiger partial charge in [0.25, 0.3) is 11.8 Å². The van der Waals surface area contributed by atoms with Crippen LogP contribution < -0.4 is 20.3 Å². The maximum Gasteiger partial charge on any atom is 0.269 e. The number of hydrogen-bond acceptors (Lipinski definition) is 4. The standard InChI is InChI=1S/C24H22N2O4/c1-29-21-14-8-17(16-22(21)30-2)9-15-23(27)25-26-24(28)20-12-10-19(11-13-20)18-6-4-3-5-7-18/h3-16H,1-2H3,(H,25,27)(H,26,28)/b15-9+. The first-order valence-corrected chi connectivity index (χ1v) is 9.26. The van der Waals surface area contributed by atoms with Crippen LogP contribution in [0, 0.1) is 0 Å². The van der Waals surface area contributed by atoms with Gasteiger partial charge < -0.3 is 9.47 Å². The minimum absolute atomic E-state index is 0.400. The molecule has 152 valence electrons. The Labute approximate surface area is 175 Å².